The zero-order valence-electron chi connectivity index (χ0n) is 17.3. The summed E-state index contributed by atoms with van der Waals surface area (Å²) < 4.78 is 0. The molecule has 5 rings (SSSR count). The minimum Gasteiger partial charge on any atom is -0.353 e. The molecule has 0 bridgehead atoms. The summed E-state index contributed by atoms with van der Waals surface area (Å²) in [5, 5.41) is 11.6. The van der Waals surface area contributed by atoms with Crippen molar-refractivity contribution in [2.24, 2.45) is 5.92 Å². The zero-order valence-corrected chi connectivity index (χ0v) is 17.3. The smallest absolute Gasteiger partial charge is 0.224 e. The standard InChI is InChI=1S/C24H22N6O/c1-14(2)9-22(31)26-17-10-16(12-25-13-17)19-7-8-20-23(28-19)24(30-29-20)21-11-15-5-3-4-6-18(15)27-21/h3-8,10-14,27H,9H2,1-2H3,(H,26,31)(H,29,30). The Morgan fingerprint density at radius 1 is 1.06 bits per heavy atom. The van der Waals surface area contributed by atoms with Gasteiger partial charge in [-0.25, -0.2) is 4.98 Å². The first-order valence-electron chi connectivity index (χ1n) is 10.3. The van der Waals surface area contributed by atoms with Crippen LogP contribution in [-0.4, -0.2) is 31.1 Å². The molecule has 0 saturated carbocycles. The molecule has 154 valence electrons. The predicted octanol–water partition coefficient (Wildman–Crippen LogP) is 5.15. The van der Waals surface area contributed by atoms with Crippen LogP contribution in [0.5, 0.6) is 0 Å². The second-order valence-corrected chi connectivity index (χ2v) is 8.04. The molecule has 4 aromatic heterocycles. The van der Waals surface area contributed by atoms with E-state index in [9.17, 15) is 4.79 Å². The summed E-state index contributed by atoms with van der Waals surface area (Å²) in [4.78, 5) is 24.7. The fourth-order valence-electron chi connectivity index (χ4n) is 3.68. The van der Waals surface area contributed by atoms with Gasteiger partial charge in [0.25, 0.3) is 0 Å². The van der Waals surface area contributed by atoms with Crippen LogP contribution in [0.1, 0.15) is 20.3 Å². The second kappa shape index (κ2) is 7.68. The third kappa shape index (κ3) is 3.77. The Morgan fingerprint density at radius 3 is 2.77 bits per heavy atom. The fraction of sp³-hybridized carbons (Fsp3) is 0.167. The molecular formula is C24H22N6O. The molecule has 0 saturated heterocycles. The molecule has 0 aliphatic rings. The van der Waals surface area contributed by atoms with Crippen LogP contribution >= 0.6 is 0 Å². The Hall–Kier alpha value is -4.00. The van der Waals surface area contributed by atoms with Gasteiger partial charge in [0.2, 0.25) is 5.91 Å². The Labute approximate surface area is 178 Å². The lowest BCUT2D eigenvalue weighted by atomic mass is 10.1. The third-order valence-electron chi connectivity index (χ3n) is 5.10. The molecule has 0 fully saturated rings. The first kappa shape index (κ1) is 19.0. The third-order valence-corrected chi connectivity index (χ3v) is 5.10. The first-order chi connectivity index (χ1) is 15.1. The number of amides is 1. The van der Waals surface area contributed by atoms with Crippen molar-refractivity contribution < 1.29 is 4.79 Å². The molecule has 1 aromatic carbocycles. The summed E-state index contributed by atoms with van der Waals surface area (Å²) in [6.45, 7) is 4.03. The minimum absolute atomic E-state index is 0.0201. The highest BCUT2D eigenvalue weighted by Crippen LogP contribution is 2.29. The van der Waals surface area contributed by atoms with Gasteiger partial charge in [0.15, 0.2) is 0 Å². The van der Waals surface area contributed by atoms with Crippen LogP contribution in [0, 0.1) is 5.92 Å². The number of pyridine rings is 2. The number of aromatic amines is 2. The molecule has 0 unspecified atom stereocenters. The first-order valence-corrected chi connectivity index (χ1v) is 10.3. The Bertz CT molecular complexity index is 1360. The van der Waals surface area contributed by atoms with E-state index in [1.54, 1.807) is 12.4 Å². The Kier molecular flexibility index (Phi) is 4.71. The molecule has 3 N–H and O–H groups in total. The summed E-state index contributed by atoms with van der Waals surface area (Å²) in [7, 11) is 0. The van der Waals surface area contributed by atoms with Crippen LogP contribution in [0.15, 0.2) is 60.9 Å². The number of benzene rings is 1. The maximum absolute atomic E-state index is 12.1. The van der Waals surface area contributed by atoms with Crippen LogP contribution in [0.4, 0.5) is 5.69 Å². The summed E-state index contributed by atoms with van der Waals surface area (Å²) >= 11 is 0. The van der Waals surface area contributed by atoms with Gasteiger partial charge in [0, 0.05) is 29.1 Å². The van der Waals surface area contributed by atoms with Gasteiger partial charge in [-0.2, -0.15) is 5.10 Å². The van der Waals surface area contributed by atoms with Crippen LogP contribution in [0.3, 0.4) is 0 Å². The number of para-hydroxylation sites is 1. The molecule has 0 spiro atoms. The van der Waals surface area contributed by atoms with E-state index in [-0.39, 0.29) is 5.91 Å². The topological polar surface area (TPSA) is 99.4 Å². The van der Waals surface area contributed by atoms with Gasteiger partial charge >= 0.3 is 0 Å². The normalized spacial score (nSPS) is 11.5. The Balaban J connectivity index is 1.51. The van der Waals surface area contributed by atoms with Crippen molar-refractivity contribution >= 4 is 33.5 Å². The summed E-state index contributed by atoms with van der Waals surface area (Å²) in [6.07, 6.45) is 3.86. The zero-order chi connectivity index (χ0) is 21.4. The molecule has 31 heavy (non-hydrogen) atoms. The largest absolute Gasteiger partial charge is 0.353 e. The van der Waals surface area contributed by atoms with Gasteiger partial charge in [-0.15, -0.1) is 0 Å². The number of anilines is 1. The number of carbonyl (C=O) groups is 1. The average molecular weight is 410 g/mol. The number of nitrogens with one attached hydrogen (secondary N) is 3. The second-order valence-electron chi connectivity index (χ2n) is 8.04. The fourth-order valence-corrected chi connectivity index (χ4v) is 3.68. The number of rotatable bonds is 5. The SMILES string of the molecule is CC(C)CC(=O)Nc1cncc(-c2ccc3[nH]nc(-c4cc5ccccc5[nH]4)c3n2)c1. The van der Waals surface area contributed by atoms with E-state index in [1.165, 1.54) is 0 Å². The highest BCUT2D eigenvalue weighted by molar-refractivity contribution is 5.95. The monoisotopic (exact) mass is 410 g/mol. The summed E-state index contributed by atoms with van der Waals surface area (Å²) in [5.41, 5.74) is 6.61. The van der Waals surface area contributed by atoms with Gasteiger partial charge in [0.05, 0.1) is 28.8 Å². The van der Waals surface area contributed by atoms with Crippen molar-refractivity contribution in [2.45, 2.75) is 20.3 Å². The van der Waals surface area contributed by atoms with E-state index < -0.39 is 0 Å². The maximum Gasteiger partial charge on any atom is 0.224 e. The van der Waals surface area contributed by atoms with Crippen molar-refractivity contribution in [2.75, 3.05) is 5.32 Å². The molecule has 0 atom stereocenters. The Morgan fingerprint density at radius 2 is 1.94 bits per heavy atom. The van der Waals surface area contributed by atoms with Crippen LogP contribution in [0.25, 0.3) is 44.6 Å². The van der Waals surface area contributed by atoms with Crippen molar-refractivity contribution in [1.29, 1.82) is 0 Å². The quantitative estimate of drug-likeness (QED) is 0.373. The van der Waals surface area contributed by atoms with E-state index in [0.29, 0.717) is 18.0 Å². The number of aromatic nitrogens is 5. The molecule has 0 aliphatic heterocycles. The number of nitrogens with zero attached hydrogens (tertiary/aromatic N) is 3. The lowest BCUT2D eigenvalue weighted by Crippen LogP contribution is -2.13. The highest BCUT2D eigenvalue weighted by atomic mass is 16.1. The van der Waals surface area contributed by atoms with Gasteiger partial charge in [0.1, 0.15) is 11.2 Å². The molecule has 0 radical (unpaired) electrons. The molecule has 1 amide bonds. The lowest BCUT2D eigenvalue weighted by Gasteiger charge is -2.08. The molecule has 7 heteroatoms. The van der Waals surface area contributed by atoms with Gasteiger partial charge in [-0.3, -0.25) is 14.9 Å². The molecular weight excluding hydrogens is 388 g/mol. The van der Waals surface area contributed by atoms with E-state index in [4.69, 9.17) is 4.98 Å². The maximum atomic E-state index is 12.1. The van der Waals surface area contributed by atoms with Crippen molar-refractivity contribution in [3.63, 3.8) is 0 Å². The molecule has 0 aliphatic carbocycles. The van der Waals surface area contributed by atoms with E-state index >= 15 is 0 Å². The highest BCUT2D eigenvalue weighted by Gasteiger charge is 2.14. The molecule has 4 heterocycles. The average Bonchev–Trinajstić information content (AvgIpc) is 3.36. The van der Waals surface area contributed by atoms with Crippen LogP contribution in [-0.2, 0) is 4.79 Å². The molecule has 7 nitrogen and oxygen atoms in total. The van der Waals surface area contributed by atoms with Gasteiger partial charge in [-0.1, -0.05) is 32.0 Å². The summed E-state index contributed by atoms with van der Waals surface area (Å²) in [6, 6.07) is 16.0. The lowest BCUT2D eigenvalue weighted by molar-refractivity contribution is -0.116. The minimum atomic E-state index is -0.0201. The van der Waals surface area contributed by atoms with Crippen LogP contribution < -0.4 is 5.32 Å². The number of carbonyl (C=O) groups excluding carboxylic acids is 1. The van der Waals surface area contributed by atoms with Crippen molar-refractivity contribution in [3.8, 4) is 22.6 Å². The predicted molar refractivity (Wildman–Crippen MR) is 122 cm³/mol. The van der Waals surface area contributed by atoms with Crippen molar-refractivity contribution in [1.82, 2.24) is 25.1 Å². The number of fused-ring (bicyclic) bond motifs is 2. The van der Waals surface area contributed by atoms with Crippen molar-refractivity contribution in [3.05, 3.63) is 60.9 Å². The number of H-pyrrole nitrogens is 2. The number of hydrogen-bond donors (Lipinski definition) is 3. The van der Waals surface area contributed by atoms with Gasteiger partial charge < -0.3 is 10.3 Å². The van der Waals surface area contributed by atoms with E-state index in [0.717, 1.165) is 44.6 Å². The van der Waals surface area contributed by atoms with Crippen LogP contribution in [0.2, 0.25) is 0 Å². The van der Waals surface area contributed by atoms with E-state index in [1.807, 2.05) is 50.2 Å². The van der Waals surface area contributed by atoms with Gasteiger partial charge in [-0.05, 0) is 36.2 Å². The summed E-state index contributed by atoms with van der Waals surface area (Å²) in [5.74, 6) is 0.276. The molecule has 5 aromatic rings. The number of hydrogen-bond acceptors (Lipinski definition) is 4. The van der Waals surface area contributed by atoms with E-state index in [2.05, 4.69) is 37.6 Å².